The normalized spacial score (nSPS) is 13.5. The first-order valence-electron chi connectivity index (χ1n) is 11.2. The molecule has 0 bridgehead atoms. The van der Waals surface area contributed by atoms with Crippen LogP contribution in [0.3, 0.4) is 0 Å². The Hall–Kier alpha value is -2.77. The molecule has 172 valence electrons. The van der Waals surface area contributed by atoms with Gasteiger partial charge in [-0.15, -0.1) is 0 Å². The zero-order valence-electron chi connectivity index (χ0n) is 18.5. The lowest BCUT2D eigenvalue weighted by molar-refractivity contribution is 0.0944. The minimum atomic E-state index is -0.388. The van der Waals surface area contributed by atoms with Crippen LogP contribution in [0, 0.1) is 0 Å². The van der Waals surface area contributed by atoms with E-state index < -0.39 is 0 Å². The minimum Gasteiger partial charge on any atom is -0.382 e. The quantitative estimate of drug-likeness (QED) is 0.455. The van der Waals surface area contributed by atoms with Crippen LogP contribution in [-0.2, 0) is 4.74 Å². The summed E-state index contributed by atoms with van der Waals surface area (Å²) in [6.07, 6.45) is 4.18. The molecule has 1 heterocycles. The molecule has 7 nitrogen and oxygen atoms in total. The fraction of sp³-hybridized carbons (Fsp3) is 0.417. The minimum absolute atomic E-state index is 0.149. The van der Waals surface area contributed by atoms with Crippen molar-refractivity contribution in [1.29, 1.82) is 0 Å². The number of carbonyl (C=O) groups excluding carboxylic acids is 2. The molecular weight excluding hydrogens is 428 g/mol. The number of halogens is 1. The summed E-state index contributed by atoms with van der Waals surface area (Å²) in [7, 11) is 0. The van der Waals surface area contributed by atoms with Gasteiger partial charge in [-0.05, 0) is 75.1 Å². The Labute approximate surface area is 194 Å². The first-order valence-corrected chi connectivity index (χ1v) is 11.5. The van der Waals surface area contributed by atoms with Crippen molar-refractivity contribution in [2.45, 2.75) is 32.6 Å². The zero-order valence-corrected chi connectivity index (χ0v) is 19.2. The highest BCUT2D eigenvalue weighted by Gasteiger charge is 2.19. The molecule has 3 amide bonds. The van der Waals surface area contributed by atoms with Crippen molar-refractivity contribution in [3.05, 3.63) is 53.1 Å². The number of nitrogens with one attached hydrogen (secondary N) is 3. The third-order valence-electron chi connectivity index (χ3n) is 5.25. The molecule has 0 atom stereocenters. The zero-order chi connectivity index (χ0) is 22.8. The molecule has 0 unspecified atom stereocenters. The van der Waals surface area contributed by atoms with Gasteiger partial charge in [0.1, 0.15) is 0 Å². The van der Waals surface area contributed by atoms with Crippen LogP contribution in [0.5, 0.6) is 0 Å². The number of anilines is 3. The number of piperidine rings is 1. The van der Waals surface area contributed by atoms with Gasteiger partial charge in [0.25, 0.3) is 5.91 Å². The first-order chi connectivity index (χ1) is 15.6. The molecule has 2 aromatic rings. The van der Waals surface area contributed by atoms with E-state index >= 15 is 0 Å². The summed E-state index contributed by atoms with van der Waals surface area (Å²) in [5.41, 5.74) is 2.64. The van der Waals surface area contributed by atoms with Gasteiger partial charge in [0.2, 0.25) is 0 Å². The molecule has 32 heavy (non-hydrogen) atoms. The molecule has 2 aromatic carbocycles. The number of nitrogens with zero attached hydrogens (tertiary/aromatic N) is 1. The van der Waals surface area contributed by atoms with E-state index in [9.17, 15) is 9.59 Å². The summed E-state index contributed by atoms with van der Waals surface area (Å²) in [5, 5.41) is 9.15. The fourth-order valence-corrected chi connectivity index (χ4v) is 3.77. The smallest absolute Gasteiger partial charge is 0.323 e. The van der Waals surface area contributed by atoms with Crippen molar-refractivity contribution < 1.29 is 14.3 Å². The van der Waals surface area contributed by atoms with Crippen LogP contribution < -0.4 is 20.9 Å². The molecule has 8 heteroatoms. The van der Waals surface area contributed by atoms with E-state index in [1.165, 1.54) is 6.42 Å². The van der Waals surface area contributed by atoms with E-state index in [1.807, 2.05) is 19.1 Å². The molecule has 1 aliphatic heterocycles. The number of rotatable bonds is 9. The molecule has 1 fully saturated rings. The van der Waals surface area contributed by atoms with Crippen molar-refractivity contribution >= 4 is 40.6 Å². The van der Waals surface area contributed by atoms with E-state index in [-0.39, 0.29) is 11.9 Å². The van der Waals surface area contributed by atoms with E-state index in [1.54, 1.807) is 30.3 Å². The molecule has 0 spiro atoms. The monoisotopic (exact) mass is 458 g/mol. The standard InChI is InChI=1S/C24H31ClN4O3/c1-2-32-16-6-13-26-23(30)21-17-20(11-12-22(21)29-14-4-3-5-15-29)28-24(31)27-19-9-7-18(25)8-10-19/h7-12,17H,2-6,13-16H2,1H3,(H,26,30)(H2,27,28,31). The summed E-state index contributed by atoms with van der Waals surface area (Å²) >= 11 is 5.89. The van der Waals surface area contributed by atoms with Crippen LogP contribution in [0.15, 0.2) is 42.5 Å². The second kappa shape index (κ2) is 12.3. The molecule has 3 N–H and O–H groups in total. The van der Waals surface area contributed by atoms with Crippen LogP contribution in [0.25, 0.3) is 0 Å². The Kier molecular flexibility index (Phi) is 9.19. The molecule has 0 aromatic heterocycles. The maximum atomic E-state index is 13.0. The topological polar surface area (TPSA) is 82.7 Å². The summed E-state index contributed by atoms with van der Waals surface area (Å²) in [6.45, 7) is 5.61. The van der Waals surface area contributed by atoms with E-state index in [0.717, 1.165) is 38.0 Å². The predicted octanol–water partition coefficient (Wildman–Crippen LogP) is 5.13. The van der Waals surface area contributed by atoms with Gasteiger partial charge in [-0.25, -0.2) is 4.79 Å². The molecule has 3 rings (SSSR count). The van der Waals surface area contributed by atoms with E-state index in [2.05, 4.69) is 20.9 Å². The lowest BCUT2D eigenvalue weighted by Crippen LogP contribution is -2.33. The third kappa shape index (κ3) is 7.14. The van der Waals surface area contributed by atoms with E-state index in [0.29, 0.717) is 41.7 Å². The van der Waals surface area contributed by atoms with Gasteiger partial charge in [0, 0.05) is 54.9 Å². The molecular formula is C24H31ClN4O3. The number of hydrogen-bond donors (Lipinski definition) is 3. The number of urea groups is 1. The first kappa shape index (κ1) is 23.9. The van der Waals surface area contributed by atoms with Crippen LogP contribution >= 0.6 is 11.6 Å². The third-order valence-corrected chi connectivity index (χ3v) is 5.50. The van der Waals surface area contributed by atoms with Crippen LogP contribution in [-0.4, -0.2) is 44.8 Å². The largest absolute Gasteiger partial charge is 0.382 e. The molecule has 0 radical (unpaired) electrons. The van der Waals surface area contributed by atoms with Gasteiger partial charge in [-0.3, -0.25) is 4.79 Å². The second-order valence-electron chi connectivity index (χ2n) is 7.67. The number of ether oxygens (including phenoxy) is 1. The molecule has 1 aliphatic rings. The van der Waals surface area contributed by atoms with Gasteiger partial charge < -0.3 is 25.6 Å². The molecule has 1 saturated heterocycles. The number of benzene rings is 2. The molecule has 0 saturated carbocycles. The van der Waals surface area contributed by atoms with Crippen LogP contribution in [0.2, 0.25) is 5.02 Å². The highest BCUT2D eigenvalue weighted by molar-refractivity contribution is 6.30. The Balaban J connectivity index is 1.70. The lowest BCUT2D eigenvalue weighted by Gasteiger charge is -2.30. The predicted molar refractivity (Wildman–Crippen MR) is 130 cm³/mol. The van der Waals surface area contributed by atoms with Gasteiger partial charge in [-0.1, -0.05) is 11.6 Å². The molecule has 0 aliphatic carbocycles. The van der Waals surface area contributed by atoms with Crippen molar-refractivity contribution in [2.24, 2.45) is 0 Å². The Morgan fingerprint density at radius 3 is 2.41 bits per heavy atom. The Morgan fingerprint density at radius 2 is 1.69 bits per heavy atom. The lowest BCUT2D eigenvalue weighted by atomic mass is 10.1. The van der Waals surface area contributed by atoms with Gasteiger partial charge in [0.15, 0.2) is 0 Å². The van der Waals surface area contributed by atoms with Crippen molar-refractivity contribution in [1.82, 2.24) is 5.32 Å². The van der Waals surface area contributed by atoms with Gasteiger partial charge >= 0.3 is 6.03 Å². The summed E-state index contributed by atoms with van der Waals surface area (Å²) in [4.78, 5) is 27.7. The second-order valence-corrected chi connectivity index (χ2v) is 8.11. The average Bonchev–Trinajstić information content (AvgIpc) is 2.81. The SMILES string of the molecule is CCOCCCNC(=O)c1cc(NC(=O)Nc2ccc(Cl)cc2)ccc1N1CCCCC1. The highest BCUT2D eigenvalue weighted by Crippen LogP contribution is 2.27. The van der Waals surface area contributed by atoms with Crippen molar-refractivity contribution in [3.8, 4) is 0 Å². The van der Waals surface area contributed by atoms with Crippen LogP contribution in [0.4, 0.5) is 21.9 Å². The van der Waals surface area contributed by atoms with Gasteiger partial charge in [-0.2, -0.15) is 0 Å². The number of carbonyl (C=O) groups is 2. The number of hydrogen-bond acceptors (Lipinski definition) is 4. The van der Waals surface area contributed by atoms with E-state index in [4.69, 9.17) is 16.3 Å². The Bertz CT molecular complexity index is 899. The number of amides is 3. The maximum Gasteiger partial charge on any atom is 0.323 e. The summed E-state index contributed by atoms with van der Waals surface area (Å²) in [6, 6.07) is 12.0. The average molecular weight is 459 g/mol. The summed E-state index contributed by atoms with van der Waals surface area (Å²) < 4.78 is 5.34. The Morgan fingerprint density at radius 1 is 1.00 bits per heavy atom. The van der Waals surface area contributed by atoms with Crippen molar-refractivity contribution in [3.63, 3.8) is 0 Å². The van der Waals surface area contributed by atoms with Crippen molar-refractivity contribution in [2.75, 3.05) is 48.4 Å². The highest BCUT2D eigenvalue weighted by atomic mass is 35.5. The summed E-state index contributed by atoms with van der Waals surface area (Å²) in [5.74, 6) is -0.149. The maximum absolute atomic E-state index is 13.0. The fourth-order valence-electron chi connectivity index (χ4n) is 3.65. The van der Waals surface area contributed by atoms with Crippen LogP contribution in [0.1, 0.15) is 43.0 Å². The van der Waals surface area contributed by atoms with Gasteiger partial charge in [0.05, 0.1) is 5.56 Å².